The highest BCUT2D eigenvalue weighted by atomic mass is 16.5. The Morgan fingerprint density at radius 3 is 2.94 bits per heavy atom. The number of aliphatic carboxylic acids is 1. The predicted molar refractivity (Wildman–Crippen MR) is 56.8 cm³/mol. The number of ether oxygens (including phenoxy) is 1. The largest absolute Gasteiger partial charge is 0.478 e. The first-order valence-electron chi connectivity index (χ1n) is 4.79. The van der Waals surface area contributed by atoms with Crippen LogP contribution in [0.5, 0.6) is 0 Å². The van der Waals surface area contributed by atoms with Crippen LogP contribution in [0.25, 0.3) is 5.57 Å². The Bertz CT molecular complexity index is 500. The maximum absolute atomic E-state index is 11.2. The van der Waals surface area contributed by atoms with Gasteiger partial charge in [-0.1, -0.05) is 6.07 Å². The van der Waals surface area contributed by atoms with Crippen molar-refractivity contribution in [2.45, 2.75) is 13.5 Å². The van der Waals surface area contributed by atoms with Crippen molar-refractivity contribution in [3.63, 3.8) is 0 Å². The number of cyclic esters (lactones) is 1. The molecule has 0 fully saturated rings. The fourth-order valence-electron chi connectivity index (χ4n) is 1.65. The number of rotatable bonds is 2. The summed E-state index contributed by atoms with van der Waals surface area (Å²) in [5.41, 5.74) is 2.81. The minimum atomic E-state index is -0.981. The number of fused-ring (bicyclic) bond motifs is 1. The maximum atomic E-state index is 11.2. The summed E-state index contributed by atoms with van der Waals surface area (Å²) < 4.78 is 4.86. The molecular weight excluding hydrogens is 208 g/mol. The van der Waals surface area contributed by atoms with E-state index >= 15 is 0 Å². The van der Waals surface area contributed by atoms with Gasteiger partial charge in [0.1, 0.15) is 6.61 Å². The van der Waals surface area contributed by atoms with Crippen LogP contribution in [0.4, 0.5) is 0 Å². The van der Waals surface area contributed by atoms with E-state index in [-0.39, 0.29) is 12.6 Å². The van der Waals surface area contributed by atoms with Gasteiger partial charge in [-0.2, -0.15) is 0 Å². The Kier molecular flexibility index (Phi) is 2.48. The molecule has 16 heavy (non-hydrogen) atoms. The van der Waals surface area contributed by atoms with Crippen molar-refractivity contribution in [2.75, 3.05) is 0 Å². The van der Waals surface area contributed by atoms with E-state index < -0.39 is 5.97 Å². The predicted octanol–water partition coefficient (Wildman–Crippen LogP) is 1.84. The lowest BCUT2D eigenvalue weighted by Crippen LogP contribution is -1.94. The molecule has 1 aliphatic rings. The topological polar surface area (TPSA) is 63.6 Å². The standard InChI is InChI=1S/C12H10O4/c1-7(4-11(13)14)8-2-3-10-9(5-8)6-16-12(10)15/h2-5H,6H2,1H3,(H,13,14)/b7-4+. The highest BCUT2D eigenvalue weighted by Gasteiger charge is 2.20. The minimum absolute atomic E-state index is 0.266. The number of allylic oxidation sites excluding steroid dienone is 1. The molecule has 4 heteroatoms. The van der Waals surface area contributed by atoms with Crippen molar-refractivity contribution < 1.29 is 19.4 Å². The molecule has 1 heterocycles. The molecule has 1 aromatic rings. The van der Waals surface area contributed by atoms with E-state index in [0.29, 0.717) is 11.1 Å². The zero-order valence-electron chi connectivity index (χ0n) is 8.69. The Morgan fingerprint density at radius 1 is 1.50 bits per heavy atom. The summed E-state index contributed by atoms with van der Waals surface area (Å²) in [6.07, 6.45) is 1.14. The first kappa shape index (κ1) is 10.4. The van der Waals surface area contributed by atoms with E-state index in [1.54, 1.807) is 25.1 Å². The summed E-state index contributed by atoms with van der Waals surface area (Å²) in [5, 5.41) is 8.63. The van der Waals surface area contributed by atoms with E-state index in [0.717, 1.165) is 17.2 Å². The molecule has 0 aromatic heterocycles. The zero-order valence-corrected chi connectivity index (χ0v) is 8.69. The summed E-state index contributed by atoms with van der Waals surface area (Å²) >= 11 is 0. The van der Waals surface area contributed by atoms with Crippen molar-refractivity contribution in [1.82, 2.24) is 0 Å². The highest BCUT2D eigenvalue weighted by molar-refractivity contribution is 5.94. The second-order valence-electron chi connectivity index (χ2n) is 3.61. The van der Waals surface area contributed by atoms with Gasteiger partial charge in [0.15, 0.2) is 0 Å². The normalized spacial score (nSPS) is 14.6. The molecule has 0 atom stereocenters. The number of hydrogen-bond donors (Lipinski definition) is 1. The Labute approximate surface area is 92.2 Å². The Balaban J connectivity index is 2.39. The van der Waals surface area contributed by atoms with Gasteiger partial charge in [-0.05, 0) is 30.2 Å². The third kappa shape index (κ3) is 1.82. The van der Waals surface area contributed by atoms with Gasteiger partial charge in [0.05, 0.1) is 5.56 Å². The number of hydrogen-bond acceptors (Lipinski definition) is 3. The highest BCUT2D eigenvalue weighted by Crippen LogP contribution is 2.24. The van der Waals surface area contributed by atoms with Crippen LogP contribution in [0.1, 0.15) is 28.4 Å². The number of carboxylic acid groups (broad SMARTS) is 1. The summed E-state index contributed by atoms with van der Waals surface area (Å²) in [6, 6.07) is 5.17. The van der Waals surface area contributed by atoms with Gasteiger partial charge < -0.3 is 9.84 Å². The average Bonchev–Trinajstić information content (AvgIpc) is 2.59. The second-order valence-corrected chi connectivity index (χ2v) is 3.61. The molecule has 0 bridgehead atoms. The fraction of sp³-hybridized carbons (Fsp3) is 0.167. The van der Waals surface area contributed by atoms with Crippen molar-refractivity contribution in [1.29, 1.82) is 0 Å². The lowest BCUT2D eigenvalue weighted by Gasteiger charge is -2.02. The van der Waals surface area contributed by atoms with Crippen LogP contribution in [-0.4, -0.2) is 17.0 Å². The number of carbonyl (C=O) groups is 2. The van der Waals surface area contributed by atoms with Gasteiger partial charge in [-0.25, -0.2) is 9.59 Å². The van der Waals surface area contributed by atoms with E-state index in [1.807, 2.05) is 0 Å². The lowest BCUT2D eigenvalue weighted by molar-refractivity contribution is -0.131. The van der Waals surface area contributed by atoms with Gasteiger partial charge in [0, 0.05) is 11.6 Å². The SMILES string of the molecule is C/C(=C\C(=O)O)c1ccc2c(c1)COC2=O. The van der Waals surface area contributed by atoms with E-state index in [2.05, 4.69) is 0 Å². The average molecular weight is 218 g/mol. The van der Waals surface area contributed by atoms with Crippen LogP contribution in [0.3, 0.4) is 0 Å². The van der Waals surface area contributed by atoms with E-state index in [4.69, 9.17) is 9.84 Å². The molecule has 0 aliphatic carbocycles. The lowest BCUT2D eigenvalue weighted by atomic mass is 10.0. The molecule has 4 nitrogen and oxygen atoms in total. The van der Waals surface area contributed by atoms with Gasteiger partial charge in [0.25, 0.3) is 0 Å². The first-order valence-corrected chi connectivity index (χ1v) is 4.79. The van der Waals surface area contributed by atoms with Gasteiger partial charge >= 0.3 is 11.9 Å². The van der Waals surface area contributed by atoms with Crippen molar-refractivity contribution in [3.05, 3.63) is 41.0 Å². The van der Waals surface area contributed by atoms with Gasteiger partial charge in [0.2, 0.25) is 0 Å². The van der Waals surface area contributed by atoms with Crippen LogP contribution in [-0.2, 0) is 16.1 Å². The van der Waals surface area contributed by atoms with Crippen LogP contribution in [0.2, 0.25) is 0 Å². The van der Waals surface area contributed by atoms with E-state index in [1.165, 1.54) is 0 Å². The Morgan fingerprint density at radius 2 is 2.25 bits per heavy atom. The maximum Gasteiger partial charge on any atom is 0.338 e. The molecule has 2 rings (SSSR count). The molecule has 0 unspecified atom stereocenters. The Hall–Kier alpha value is -2.10. The quantitative estimate of drug-likeness (QED) is 0.607. The molecule has 1 aliphatic heterocycles. The van der Waals surface area contributed by atoms with Crippen molar-refractivity contribution in [2.24, 2.45) is 0 Å². The van der Waals surface area contributed by atoms with E-state index in [9.17, 15) is 9.59 Å². The third-order valence-corrected chi connectivity index (χ3v) is 2.48. The zero-order chi connectivity index (χ0) is 11.7. The number of carbonyl (C=O) groups excluding carboxylic acids is 1. The second kappa shape index (κ2) is 3.81. The van der Waals surface area contributed by atoms with Crippen LogP contribution in [0.15, 0.2) is 24.3 Å². The molecule has 0 saturated carbocycles. The molecule has 0 spiro atoms. The summed E-state index contributed by atoms with van der Waals surface area (Å²) in [5.74, 6) is -1.30. The molecule has 1 N–H and O–H groups in total. The van der Waals surface area contributed by atoms with Crippen LogP contribution < -0.4 is 0 Å². The summed E-state index contributed by atoms with van der Waals surface area (Å²) in [6.45, 7) is 1.98. The fourth-order valence-corrected chi connectivity index (χ4v) is 1.65. The molecule has 1 aromatic carbocycles. The molecule has 0 saturated heterocycles. The first-order chi connectivity index (χ1) is 7.58. The van der Waals surface area contributed by atoms with Crippen LogP contribution >= 0.6 is 0 Å². The molecular formula is C12H10O4. The van der Waals surface area contributed by atoms with Gasteiger partial charge in [-0.3, -0.25) is 0 Å². The van der Waals surface area contributed by atoms with Gasteiger partial charge in [-0.15, -0.1) is 0 Å². The number of esters is 1. The third-order valence-electron chi connectivity index (χ3n) is 2.48. The molecule has 82 valence electrons. The van der Waals surface area contributed by atoms with Crippen molar-refractivity contribution >= 4 is 17.5 Å². The minimum Gasteiger partial charge on any atom is -0.478 e. The molecule has 0 amide bonds. The van der Waals surface area contributed by atoms with Crippen molar-refractivity contribution in [3.8, 4) is 0 Å². The number of carboxylic acids is 1. The number of benzene rings is 1. The summed E-state index contributed by atoms with van der Waals surface area (Å²) in [7, 11) is 0. The van der Waals surface area contributed by atoms with Crippen LogP contribution in [0, 0.1) is 0 Å². The monoisotopic (exact) mass is 218 g/mol. The smallest absolute Gasteiger partial charge is 0.338 e. The summed E-state index contributed by atoms with van der Waals surface area (Å²) in [4.78, 5) is 21.7. The molecule has 0 radical (unpaired) electrons.